The van der Waals surface area contributed by atoms with Crippen molar-refractivity contribution in [3.05, 3.63) is 82.7 Å². The van der Waals surface area contributed by atoms with Gasteiger partial charge in [0.1, 0.15) is 0 Å². The van der Waals surface area contributed by atoms with E-state index in [0.29, 0.717) is 5.92 Å². The number of hydrogen-bond acceptors (Lipinski definition) is 0. The summed E-state index contributed by atoms with van der Waals surface area (Å²) < 4.78 is 40.5. The Morgan fingerprint density at radius 3 is 2.50 bits per heavy atom. The van der Waals surface area contributed by atoms with E-state index < -0.39 is 17.5 Å². The van der Waals surface area contributed by atoms with E-state index in [1.165, 1.54) is 34.7 Å². The van der Waals surface area contributed by atoms with Gasteiger partial charge < -0.3 is 0 Å². The average Bonchev–Trinajstić information content (AvgIpc) is 2.76. The smallest absolute Gasteiger partial charge is 0.194 e. The summed E-state index contributed by atoms with van der Waals surface area (Å²) in [5.74, 6) is 2.80. The fourth-order valence-electron chi connectivity index (χ4n) is 4.63. The third-order valence-electron chi connectivity index (χ3n) is 6.18. The second kappa shape index (κ2) is 8.96. The molecule has 0 nitrogen and oxygen atoms in total. The highest BCUT2D eigenvalue weighted by Crippen LogP contribution is 2.41. The standard InChI is InChI=1S/C27H25F3/c1-2-3-4-7-20-12-14-23-21-9-6-5-8-19(21)11-15-24(23)22(20)13-10-18-16-25(28)27(30)26(29)17-18/h5-6,8-9,11,15-17,20,22H,2-4,7,12,14H2,1H3/t20-,22+/m1/s1. The molecule has 154 valence electrons. The first-order valence-corrected chi connectivity index (χ1v) is 10.7. The summed E-state index contributed by atoms with van der Waals surface area (Å²) >= 11 is 0. The molecule has 30 heavy (non-hydrogen) atoms. The van der Waals surface area contributed by atoms with E-state index in [9.17, 15) is 13.2 Å². The van der Waals surface area contributed by atoms with Gasteiger partial charge in [0.2, 0.25) is 0 Å². The van der Waals surface area contributed by atoms with Gasteiger partial charge in [-0.15, -0.1) is 0 Å². The Balaban J connectivity index is 1.75. The highest BCUT2D eigenvalue weighted by atomic mass is 19.2. The molecule has 3 aromatic carbocycles. The van der Waals surface area contributed by atoms with Crippen LogP contribution in [0.15, 0.2) is 48.5 Å². The molecule has 0 bridgehead atoms. The number of benzene rings is 3. The van der Waals surface area contributed by atoms with E-state index >= 15 is 0 Å². The molecule has 0 unspecified atom stereocenters. The van der Waals surface area contributed by atoms with Crippen LogP contribution in [0.2, 0.25) is 0 Å². The highest BCUT2D eigenvalue weighted by Gasteiger charge is 2.29. The predicted octanol–water partition coefficient (Wildman–Crippen LogP) is 7.54. The van der Waals surface area contributed by atoms with Crippen LogP contribution in [0.1, 0.15) is 61.6 Å². The van der Waals surface area contributed by atoms with Crippen molar-refractivity contribution in [1.82, 2.24) is 0 Å². The summed E-state index contributed by atoms with van der Waals surface area (Å²) in [5, 5.41) is 2.47. The molecule has 0 aromatic heterocycles. The number of fused-ring (bicyclic) bond motifs is 3. The Labute approximate surface area is 176 Å². The molecule has 0 saturated heterocycles. The number of aryl methyl sites for hydroxylation is 1. The normalized spacial score (nSPS) is 18.0. The molecule has 1 aliphatic carbocycles. The molecule has 0 N–H and O–H groups in total. The van der Waals surface area contributed by atoms with Crippen molar-refractivity contribution in [2.24, 2.45) is 5.92 Å². The van der Waals surface area contributed by atoms with Gasteiger partial charge >= 0.3 is 0 Å². The van der Waals surface area contributed by atoms with Crippen LogP contribution in [0.4, 0.5) is 13.2 Å². The molecular formula is C27H25F3. The van der Waals surface area contributed by atoms with Crippen LogP contribution in [-0.2, 0) is 6.42 Å². The van der Waals surface area contributed by atoms with Crippen LogP contribution >= 0.6 is 0 Å². The first-order valence-electron chi connectivity index (χ1n) is 10.7. The van der Waals surface area contributed by atoms with Crippen molar-refractivity contribution in [2.75, 3.05) is 0 Å². The molecule has 2 atom stereocenters. The van der Waals surface area contributed by atoms with Gasteiger partial charge in [0, 0.05) is 11.5 Å². The maximum atomic E-state index is 13.6. The SMILES string of the molecule is CCCCC[C@@H]1CCc2c(ccc3ccccc23)[C@H]1C#Cc1cc(F)c(F)c(F)c1. The third-order valence-corrected chi connectivity index (χ3v) is 6.18. The lowest BCUT2D eigenvalue weighted by Crippen LogP contribution is -2.20. The van der Waals surface area contributed by atoms with E-state index in [0.717, 1.165) is 37.8 Å². The van der Waals surface area contributed by atoms with E-state index in [-0.39, 0.29) is 11.5 Å². The van der Waals surface area contributed by atoms with Crippen LogP contribution in [0.3, 0.4) is 0 Å². The quantitative estimate of drug-likeness (QED) is 0.239. The zero-order valence-corrected chi connectivity index (χ0v) is 17.2. The topological polar surface area (TPSA) is 0 Å². The minimum atomic E-state index is -1.45. The first-order chi connectivity index (χ1) is 14.6. The van der Waals surface area contributed by atoms with Crippen LogP contribution in [0, 0.1) is 35.2 Å². The van der Waals surface area contributed by atoms with E-state index in [1.54, 1.807) is 0 Å². The lowest BCUT2D eigenvalue weighted by molar-refractivity contribution is 0.382. The Morgan fingerprint density at radius 2 is 1.73 bits per heavy atom. The van der Waals surface area contributed by atoms with Gasteiger partial charge in [-0.25, -0.2) is 13.2 Å². The summed E-state index contributed by atoms with van der Waals surface area (Å²) in [4.78, 5) is 0. The van der Waals surface area contributed by atoms with Gasteiger partial charge in [0.05, 0.1) is 0 Å². The predicted molar refractivity (Wildman–Crippen MR) is 116 cm³/mol. The van der Waals surface area contributed by atoms with Gasteiger partial charge in [0.15, 0.2) is 17.5 Å². The molecule has 0 radical (unpaired) electrons. The van der Waals surface area contributed by atoms with Crippen LogP contribution < -0.4 is 0 Å². The zero-order valence-electron chi connectivity index (χ0n) is 17.2. The second-order valence-electron chi connectivity index (χ2n) is 8.15. The minimum absolute atomic E-state index is 0.00591. The third kappa shape index (κ3) is 4.10. The monoisotopic (exact) mass is 406 g/mol. The van der Waals surface area contributed by atoms with Gasteiger partial charge in [-0.05, 0) is 59.2 Å². The number of hydrogen-bond donors (Lipinski definition) is 0. The molecule has 0 heterocycles. The molecule has 0 fully saturated rings. The molecule has 1 aliphatic rings. The molecule has 4 rings (SSSR count). The van der Waals surface area contributed by atoms with E-state index in [4.69, 9.17) is 0 Å². The zero-order chi connectivity index (χ0) is 21.1. The highest BCUT2D eigenvalue weighted by molar-refractivity contribution is 5.87. The van der Waals surface area contributed by atoms with Crippen molar-refractivity contribution in [2.45, 2.75) is 51.4 Å². The summed E-state index contributed by atoms with van der Waals surface area (Å²) in [6.45, 7) is 2.19. The lowest BCUT2D eigenvalue weighted by atomic mass is 9.72. The van der Waals surface area contributed by atoms with Crippen molar-refractivity contribution >= 4 is 10.8 Å². The Morgan fingerprint density at radius 1 is 0.967 bits per heavy atom. The Kier molecular flexibility index (Phi) is 6.13. The van der Waals surface area contributed by atoms with Crippen LogP contribution in [-0.4, -0.2) is 0 Å². The molecule has 0 saturated carbocycles. The van der Waals surface area contributed by atoms with Gasteiger partial charge in [-0.3, -0.25) is 0 Å². The van der Waals surface area contributed by atoms with E-state index in [2.05, 4.69) is 49.1 Å². The summed E-state index contributed by atoms with van der Waals surface area (Å²) in [7, 11) is 0. The number of unbranched alkanes of at least 4 members (excludes halogenated alkanes) is 2. The van der Waals surface area contributed by atoms with Crippen molar-refractivity contribution in [3.63, 3.8) is 0 Å². The van der Waals surface area contributed by atoms with Crippen LogP contribution in [0.5, 0.6) is 0 Å². The second-order valence-corrected chi connectivity index (χ2v) is 8.15. The average molecular weight is 406 g/mol. The first kappa shape index (κ1) is 20.5. The van der Waals surface area contributed by atoms with Crippen LogP contribution in [0.25, 0.3) is 10.8 Å². The maximum Gasteiger partial charge on any atom is 0.194 e. The van der Waals surface area contributed by atoms with Gasteiger partial charge in [0.25, 0.3) is 0 Å². The lowest BCUT2D eigenvalue weighted by Gasteiger charge is -2.31. The maximum absolute atomic E-state index is 13.6. The molecule has 0 aliphatic heterocycles. The van der Waals surface area contributed by atoms with Gasteiger partial charge in [-0.2, -0.15) is 0 Å². The number of rotatable bonds is 4. The molecule has 3 aromatic rings. The number of halogens is 3. The Bertz CT molecular complexity index is 1100. The molecule has 0 spiro atoms. The minimum Gasteiger partial charge on any atom is -0.204 e. The molecular weight excluding hydrogens is 381 g/mol. The Hall–Kier alpha value is -2.73. The summed E-state index contributed by atoms with van der Waals surface area (Å²) in [6.07, 6.45) is 6.67. The fraction of sp³-hybridized carbons (Fsp3) is 0.333. The molecule has 3 heteroatoms. The van der Waals surface area contributed by atoms with Crippen molar-refractivity contribution in [1.29, 1.82) is 0 Å². The summed E-state index contributed by atoms with van der Waals surface area (Å²) in [5.41, 5.74) is 2.72. The summed E-state index contributed by atoms with van der Waals surface area (Å²) in [6, 6.07) is 14.6. The fourth-order valence-corrected chi connectivity index (χ4v) is 4.63. The van der Waals surface area contributed by atoms with E-state index in [1.807, 2.05) is 6.07 Å². The van der Waals surface area contributed by atoms with Crippen molar-refractivity contribution < 1.29 is 13.2 Å². The van der Waals surface area contributed by atoms with Crippen molar-refractivity contribution in [3.8, 4) is 11.8 Å². The largest absolute Gasteiger partial charge is 0.204 e. The molecule has 0 amide bonds. The van der Waals surface area contributed by atoms with Gasteiger partial charge in [-0.1, -0.05) is 74.4 Å².